The summed E-state index contributed by atoms with van der Waals surface area (Å²) >= 11 is 5.69. The fourth-order valence-corrected chi connectivity index (χ4v) is 3.98. The van der Waals surface area contributed by atoms with Gasteiger partial charge in [0, 0.05) is 21.7 Å². The smallest absolute Gasteiger partial charge is 0.237 e. The van der Waals surface area contributed by atoms with E-state index < -0.39 is 8.87 Å². The van der Waals surface area contributed by atoms with E-state index in [1.54, 1.807) is 19.9 Å². The van der Waals surface area contributed by atoms with E-state index in [1.165, 1.54) is 18.2 Å². The van der Waals surface area contributed by atoms with Crippen LogP contribution >= 0.6 is 22.4 Å². The lowest BCUT2D eigenvalue weighted by atomic mass is 10.3. The van der Waals surface area contributed by atoms with Crippen molar-refractivity contribution in [2.45, 2.75) is 18.7 Å². The Morgan fingerprint density at radius 3 is 2.50 bits per heavy atom. The summed E-state index contributed by atoms with van der Waals surface area (Å²) in [5.41, 5.74) is 0. The number of halogens is 1. The second-order valence-corrected chi connectivity index (χ2v) is 7.67. The van der Waals surface area contributed by atoms with Crippen LogP contribution in [0.15, 0.2) is 29.2 Å². The van der Waals surface area contributed by atoms with Crippen molar-refractivity contribution in [2.24, 2.45) is 5.92 Å². The molecule has 0 aliphatic heterocycles. The highest BCUT2D eigenvalue weighted by atomic mass is 35.5. The zero-order valence-electron chi connectivity index (χ0n) is 8.81. The predicted molar refractivity (Wildman–Crippen MR) is 66.1 cm³/mol. The summed E-state index contributed by atoms with van der Waals surface area (Å²) in [6, 6.07) is 5.87. The van der Waals surface area contributed by atoms with Crippen molar-refractivity contribution in [3.05, 3.63) is 29.3 Å². The summed E-state index contributed by atoms with van der Waals surface area (Å²) in [4.78, 5) is 11.4. The van der Waals surface area contributed by atoms with Crippen molar-refractivity contribution in [3.63, 3.8) is 0 Å². The van der Waals surface area contributed by atoms with E-state index in [4.69, 9.17) is 11.6 Å². The van der Waals surface area contributed by atoms with Crippen molar-refractivity contribution >= 4 is 36.4 Å². The summed E-state index contributed by atoms with van der Waals surface area (Å²) in [6.07, 6.45) is 0. The lowest BCUT2D eigenvalue weighted by Gasteiger charge is -2.05. The van der Waals surface area contributed by atoms with Crippen LogP contribution in [0.5, 0.6) is 0 Å². The van der Waals surface area contributed by atoms with E-state index in [0.29, 0.717) is 15.8 Å². The van der Waals surface area contributed by atoms with Crippen LogP contribution in [0.4, 0.5) is 0 Å². The largest absolute Gasteiger partial charge is 0.286 e. The van der Waals surface area contributed by atoms with Crippen LogP contribution in [-0.2, 0) is 13.7 Å². The van der Waals surface area contributed by atoms with Gasteiger partial charge in [-0.1, -0.05) is 31.5 Å². The molecular formula is C10H11ClO3S2. The van der Waals surface area contributed by atoms with Gasteiger partial charge in [-0.25, -0.2) is 8.42 Å². The minimum Gasteiger partial charge on any atom is -0.286 e. The lowest BCUT2D eigenvalue weighted by Crippen LogP contribution is -2.07. The fourth-order valence-electron chi connectivity index (χ4n) is 0.875. The highest BCUT2D eigenvalue weighted by molar-refractivity contribution is 8.77. The summed E-state index contributed by atoms with van der Waals surface area (Å²) in [5.74, 6) is -0.320. The van der Waals surface area contributed by atoms with Crippen LogP contribution in [0.1, 0.15) is 13.8 Å². The number of benzene rings is 1. The molecule has 16 heavy (non-hydrogen) atoms. The molecule has 1 aromatic rings. The van der Waals surface area contributed by atoms with Crippen LogP contribution in [0.3, 0.4) is 0 Å². The van der Waals surface area contributed by atoms with Gasteiger partial charge in [0.25, 0.3) is 0 Å². The Morgan fingerprint density at radius 1 is 1.38 bits per heavy atom. The van der Waals surface area contributed by atoms with Crippen LogP contribution < -0.4 is 0 Å². The third-order valence-electron chi connectivity index (χ3n) is 1.75. The van der Waals surface area contributed by atoms with Crippen LogP contribution in [0.2, 0.25) is 5.02 Å². The molecule has 0 aliphatic rings. The van der Waals surface area contributed by atoms with E-state index in [-0.39, 0.29) is 15.9 Å². The van der Waals surface area contributed by atoms with Crippen molar-refractivity contribution in [1.29, 1.82) is 0 Å². The molecule has 0 saturated carbocycles. The number of hydrogen-bond acceptors (Lipinski definition) is 4. The Morgan fingerprint density at radius 2 is 2.00 bits per heavy atom. The van der Waals surface area contributed by atoms with Crippen molar-refractivity contribution in [1.82, 2.24) is 0 Å². The molecule has 0 heterocycles. The average Bonchev–Trinajstić information content (AvgIpc) is 2.17. The van der Waals surface area contributed by atoms with Crippen molar-refractivity contribution in [3.8, 4) is 0 Å². The van der Waals surface area contributed by atoms with Crippen LogP contribution in [0.25, 0.3) is 0 Å². The first-order chi connectivity index (χ1) is 7.33. The molecule has 0 saturated heterocycles. The maximum absolute atomic E-state index is 11.8. The van der Waals surface area contributed by atoms with Crippen molar-refractivity contribution < 1.29 is 13.2 Å². The molecule has 0 N–H and O–H groups in total. The molecule has 6 heteroatoms. The monoisotopic (exact) mass is 278 g/mol. The highest BCUT2D eigenvalue weighted by Gasteiger charge is 2.22. The molecule has 0 bridgehead atoms. The second kappa shape index (κ2) is 5.21. The molecule has 0 fully saturated rings. The molecular weight excluding hydrogens is 268 g/mol. The van der Waals surface area contributed by atoms with E-state index in [1.807, 2.05) is 0 Å². The Balaban J connectivity index is 2.99. The van der Waals surface area contributed by atoms with E-state index in [2.05, 4.69) is 0 Å². The molecule has 3 nitrogen and oxygen atoms in total. The molecule has 0 atom stereocenters. The standard InChI is InChI=1S/C10H11ClO3S2/c1-7(2)10(12)15-16(13,14)9-5-3-4-8(11)6-9/h3-7H,1-2H3. The second-order valence-electron chi connectivity index (χ2n) is 3.47. The Bertz CT molecular complexity index is 495. The molecule has 0 aromatic heterocycles. The topological polar surface area (TPSA) is 51.2 Å². The first-order valence-corrected chi connectivity index (χ1v) is 7.76. The molecule has 1 rings (SSSR count). The Hall–Kier alpha value is -0.520. The number of carbonyl (C=O) groups excluding carboxylic acids is 1. The van der Waals surface area contributed by atoms with Crippen molar-refractivity contribution in [2.75, 3.05) is 0 Å². The molecule has 0 unspecified atom stereocenters. The van der Waals surface area contributed by atoms with E-state index in [0.717, 1.165) is 0 Å². The third-order valence-corrected chi connectivity index (χ3v) is 5.40. The van der Waals surface area contributed by atoms with Crippen LogP contribution in [0, 0.1) is 5.92 Å². The molecule has 88 valence electrons. The van der Waals surface area contributed by atoms with Gasteiger partial charge >= 0.3 is 0 Å². The average molecular weight is 279 g/mol. The third kappa shape index (κ3) is 3.50. The van der Waals surface area contributed by atoms with E-state index in [9.17, 15) is 13.2 Å². The maximum Gasteiger partial charge on any atom is 0.237 e. The van der Waals surface area contributed by atoms with Gasteiger partial charge in [-0.15, -0.1) is 0 Å². The fraction of sp³-hybridized carbons (Fsp3) is 0.300. The maximum atomic E-state index is 11.8. The number of hydrogen-bond donors (Lipinski definition) is 0. The summed E-state index contributed by atoms with van der Waals surface area (Å²) in [5, 5.41) is -0.0429. The summed E-state index contributed by atoms with van der Waals surface area (Å²) < 4.78 is 23.6. The first-order valence-electron chi connectivity index (χ1n) is 4.57. The molecule has 0 spiro atoms. The first kappa shape index (κ1) is 13.5. The van der Waals surface area contributed by atoms with Gasteiger partial charge in [-0.05, 0) is 18.2 Å². The summed E-state index contributed by atoms with van der Waals surface area (Å²) in [7, 11) is -3.30. The highest BCUT2D eigenvalue weighted by Crippen LogP contribution is 2.27. The Kier molecular flexibility index (Phi) is 4.41. The van der Waals surface area contributed by atoms with Gasteiger partial charge in [0.2, 0.25) is 14.0 Å². The van der Waals surface area contributed by atoms with Gasteiger partial charge in [0.05, 0.1) is 4.90 Å². The van der Waals surface area contributed by atoms with Gasteiger partial charge in [0.1, 0.15) is 0 Å². The molecule has 1 aromatic carbocycles. The minimum absolute atomic E-state index is 0.0546. The summed E-state index contributed by atoms with van der Waals surface area (Å²) in [6.45, 7) is 3.31. The SMILES string of the molecule is CC(C)C(=O)SS(=O)(=O)c1cccc(Cl)c1. The van der Waals surface area contributed by atoms with E-state index >= 15 is 0 Å². The number of rotatable bonds is 3. The molecule has 0 radical (unpaired) electrons. The van der Waals surface area contributed by atoms with Gasteiger partial charge < -0.3 is 0 Å². The quantitative estimate of drug-likeness (QED) is 0.798. The van der Waals surface area contributed by atoms with Crippen LogP contribution in [-0.4, -0.2) is 13.5 Å². The van der Waals surface area contributed by atoms with Gasteiger partial charge in [-0.2, -0.15) is 0 Å². The zero-order valence-corrected chi connectivity index (χ0v) is 11.2. The number of carbonyl (C=O) groups is 1. The minimum atomic E-state index is -3.64. The molecule has 0 aliphatic carbocycles. The lowest BCUT2D eigenvalue weighted by molar-refractivity contribution is -0.113. The molecule has 0 amide bonds. The zero-order chi connectivity index (χ0) is 12.3. The Labute approximate surface area is 104 Å². The normalized spacial score (nSPS) is 11.8. The van der Waals surface area contributed by atoms with Gasteiger partial charge in [0.15, 0.2) is 0 Å². The predicted octanol–water partition coefficient (Wildman–Crippen LogP) is 2.94. The van der Waals surface area contributed by atoms with Gasteiger partial charge in [-0.3, -0.25) is 4.79 Å².